The van der Waals surface area contributed by atoms with E-state index in [1.807, 2.05) is 0 Å². The molecule has 0 radical (unpaired) electrons. The van der Waals surface area contributed by atoms with Crippen LogP contribution in [-0.2, 0) is 4.74 Å². The Balaban J connectivity index is 2.73. The first-order valence-electron chi connectivity index (χ1n) is 4.57. The highest BCUT2D eigenvalue weighted by atomic mass is 16.5. The summed E-state index contributed by atoms with van der Waals surface area (Å²) in [6, 6.07) is 0. The van der Waals surface area contributed by atoms with Crippen LogP contribution in [-0.4, -0.2) is 31.8 Å². The van der Waals surface area contributed by atoms with Crippen LogP contribution in [0.1, 0.15) is 20.8 Å². The van der Waals surface area contributed by atoms with Gasteiger partial charge < -0.3 is 15.8 Å². The Morgan fingerprint density at radius 3 is 2.42 bits per heavy atom. The number of hydrogen-bond acceptors (Lipinski definition) is 3. The SMILES string of the molecule is CC(C)(C)[C@@]1(CN)CNCCO1. The molecule has 0 aromatic carbocycles. The summed E-state index contributed by atoms with van der Waals surface area (Å²) in [5, 5.41) is 3.33. The smallest absolute Gasteiger partial charge is 0.0976 e. The molecule has 1 aliphatic rings. The average molecular weight is 172 g/mol. The molecule has 1 fully saturated rings. The molecule has 1 atom stereocenters. The van der Waals surface area contributed by atoms with Gasteiger partial charge in [0.1, 0.15) is 0 Å². The molecule has 0 bridgehead atoms. The second kappa shape index (κ2) is 3.32. The molecule has 1 aliphatic heterocycles. The van der Waals surface area contributed by atoms with Crippen LogP contribution in [0.4, 0.5) is 0 Å². The third kappa shape index (κ3) is 1.63. The molecule has 1 rings (SSSR count). The van der Waals surface area contributed by atoms with E-state index in [0.29, 0.717) is 6.54 Å². The first kappa shape index (κ1) is 9.96. The summed E-state index contributed by atoms with van der Waals surface area (Å²) < 4.78 is 5.79. The standard InChI is InChI=1S/C9H20N2O/c1-8(2,3)9(6-10)7-11-4-5-12-9/h11H,4-7,10H2,1-3H3/t9-/m1/s1. The maximum Gasteiger partial charge on any atom is 0.0976 e. The van der Waals surface area contributed by atoms with Gasteiger partial charge in [-0.25, -0.2) is 0 Å². The van der Waals surface area contributed by atoms with E-state index in [-0.39, 0.29) is 11.0 Å². The van der Waals surface area contributed by atoms with Crippen LogP contribution in [0, 0.1) is 5.41 Å². The first-order chi connectivity index (χ1) is 5.52. The lowest BCUT2D eigenvalue weighted by Crippen LogP contribution is -2.61. The van der Waals surface area contributed by atoms with Crippen molar-refractivity contribution in [3.8, 4) is 0 Å². The maximum absolute atomic E-state index is 5.79. The Bertz CT molecular complexity index is 145. The zero-order valence-corrected chi connectivity index (χ0v) is 8.31. The van der Waals surface area contributed by atoms with Gasteiger partial charge in [-0.2, -0.15) is 0 Å². The van der Waals surface area contributed by atoms with Crippen LogP contribution >= 0.6 is 0 Å². The van der Waals surface area contributed by atoms with Crippen LogP contribution in [0.3, 0.4) is 0 Å². The first-order valence-corrected chi connectivity index (χ1v) is 4.57. The predicted molar refractivity (Wildman–Crippen MR) is 50.1 cm³/mol. The fraction of sp³-hybridized carbons (Fsp3) is 1.00. The Morgan fingerprint density at radius 2 is 2.17 bits per heavy atom. The summed E-state index contributed by atoms with van der Waals surface area (Å²) in [7, 11) is 0. The van der Waals surface area contributed by atoms with Crippen molar-refractivity contribution in [2.45, 2.75) is 26.4 Å². The molecule has 0 aromatic heterocycles. The third-order valence-electron chi connectivity index (χ3n) is 2.76. The summed E-state index contributed by atoms with van der Waals surface area (Å²) in [6.07, 6.45) is 0. The molecule has 0 aliphatic carbocycles. The molecule has 3 N–H and O–H groups in total. The van der Waals surface area contributed by atoms with Crippen molar-refractivity contribution >= 4 is 0 Å². The van der Waals surface area contributed by atoms with E-state index in [1.165, 1.54) is 0 Å². The van der Waals surface area contributed by atoms with Gasteiger partial charge in [-0.15, -0.1) is 0 Å². The molecule has 0 aromatic rings. The van der Waals surface area contributed by atoms with Gasteiger partial charge in [-0.3, -0.25) is 0 Å². The van der Waals surface area contributed by atoms with E-state index in [9.17, 15) is 0 Å². The Hall–Kier alpha value is -0.120. The van der Waals surface area contributed by atoms with Crippen LogP contribution in [0.5, 0.6) is 0 Å². The second-order valence-electron chi connectivity index (χ2n) is 4.47. The lowest BCUT2D eigenvalue weighted by atomic mass is 9.75. The predicted octanol–water partition coefficient (Wildman–Crippen LogP) is 0.350. The van der Waals surface area contributed by atoms with Crippen LogP contribution in [0.2, 0.25) is 0 Å². The topological polar surface area (TPSA) is 47.3 Å². The average Bonchev–Trinajstić information content (AvgIpc) is 2.04. The minimum absolute atomic E-state index is 0.106. The molecule has 1 saturated heterocycles. The lowest BCUT2D eigenvalue weighted by Gasteiger charge is -2.46. The summed E-state index contributed by atoms with van der Waals surface area (Å²) in [5.74, 6) is 0. The van der Waals surface area contributed by atoms with E-state index in [2.05, 4.69) is 26.1 Å². The Kier molecular flexibility index (Phi) is 2.76. The monoisotopic (exact) mass is 172 g/mol. The van der Waals surface area contributed by atoms with Gasteiger partial charge in [0.2, 0.25) is 0 Å². The van der Waals surface area contributed by atoms with Gasteiger partial charge in [0.25, 0.3) is 0 Å². The summed E-state index contributed by atoms with van der Waals surface area (Å²) >= 11 is 0. The highest BCUT2D eigenvalue weighted by Crippen LogP contribution is 2.33. The fourth-order valence-corrected chi connectivity index (χ4v) is 1.58. The van der Waals surface area contributed by atoms with Crippen molar-refractivity contribution in [3.05, 3.63) is 0 Å². The fourth-order valence-electron chi connectivity index (χ4n) is 1.58. The maximum atomic E-state index is 5.79. The molecule has 1 heterocycles. The minimum Gasteiger partial charge on any atom is -0.370 e. The highest BCUT2D eigenvalue weighted by Gasteiger charge is 2.42. The quantitative estimate of drug-likeness (QED) is 0.600. The number of ether oxygens (including phenoxy) is 1. The largest absolute Gasteiger partial charge is 0.370 e. The number of morpholine rings is 1. The van der Waals surface area contributed by atoms with Crippen molar-refractivity contribution in [3.63, 3.8) is 0 Å². The van der Waals surface area contributed by atoms with Crippen LogP contribution in [0.15, 0.2) is 0 Å². The third-order valence-corrected chi connectivity index (χ3v) is 2.76. The van der Waals surface area contributed by atoms with Gasteiger partial charge in [0.15, 0.2) is 0 Å². The summed E-state index contributed by atoms with van der Waals surface area (Å²) in [6.45, 7) is 9.69. The number of hydrogen-bond donors (Lipinski definition) is 2. The molecule has 0 saturated carbocycles. The van der Waals surface area contributed by atoms with Gasteiger partial charge in [0, 0.05) is 19.6 Å². The van der Waals surface area contributed by atoms with E-state index >= 15 is 0 Å². The highest BCUT2D eigenvalue weighted by molar-refractivity contribution is 4.97. The molecule has 3 nitrogen and oxygen atoms in total. The van der Waals surface area contributed by atoms with Crippen LogP contribution < -0.4 is 11.1 Å². The number of nitrogens with two attached hydrogens (primary N) is 1. The Morgan fingerprint density at radius 1 is 1.50 bits per heavy atom. The molecule has 0 amide bonds. The molecule has 3 heteroatoms. The van der Waals surface area contributed by atoms with Crippen LogP contribution in [0.25, 0.3) is 0 Å². The number of nitrogens with one attached hydrogen (secondary N) is 1. The van der Waals surface area contributed by atoms with Crippen molar-refractivity contribution in [1.82, 2.24) is 5.32 Å². The van der Waals surface area contributed by atoms with Gasteiger partial charge in [-0.05, 0) is 5.41 Å². The molecule has 72 valence electrons. The zero-order valence-electron chi connectivity index (χ0n) is 8.31. The summed E-state index contributed by atoms with van der Waals surface area (Å²) in [4.78, 5) is 0. The van der Waals surface area contributed by atoms with E-state index in [4.69, 9.17) is 10.5 Å². The van der Waals surface area contributed by atoms with E-state index in [1.54, 1.807) is 0 Å². The summed E-state index contributed by atoms with van der Waals surface area (Å²) in [5.41, 5.74) is 5.69. The van der Waals surface area contributed by atoms with Gasteiger partial charge in [0.05, 0.1) is 12.2 Å². The van der Waals surface area contributed by atoms with Crippen molar-refractivity contribution in [2.75, 3.05) is 26.2 Å². The molecule has 0 spiro atoms. The molecular weight excluding hydrogens is 152 g/mol. The lowest BCUT2D eigenvalue weighted by molar-refractivity contribution is -0.125. The Labute approximate surface area is 74.7 Å². The van der Waals surface area contributed by atoms with Crippen molar-refractivity contribution in [1.29, 1.82) is 0 Å². The van der Waals surface area contributed by atoms with E-state index < -0.39 is 0 Å². The van der Waals surface area contributed by atoms with Gasteiger partial charge >= 0.3 is 0 Å². The molecule has 12 heavy (non-hydrogen) atoms. The minimum atomic E-state index is -0.175. The molecule has 0 unspecified atom stereocenters. The van der Waals surface area contributed by atoms with Crippen molar-refractivity contribution in [2.24, 2.45) is 11.1 Å². The van der Waals surface area contributed by atoms with Gasteiger partial charge in [-0.1, -0.05) is 20.8 Å². The zero-order chi connectivity index (χ0) is 9.24. The normalized spacial score (nSPS) is 32.0. The van der Waals surface area contributed by atoms with E-state index in [0.717, 1.165) is 19.7 Å². The second-order valence-corrected chi connectivity index (χ2v) is 4.47. The number of rotatable bonds is 1. The molecular formula is C9H20N2O. The van der Waals surface area contributed by atoms with Crippen molar-refractivity contribution < 1.29 is 4.74 Å².